The highest BCUT2D eigenvalue weighted by atomic mass is 16.6. The molecular formula is C29H33NO7. The molecule has 4 rings (SSSR count). The van der Waals surface area contributed by atoms with Gasteiger partial charge >= 0.3 is 17.9 Å². The summed E-state index contributed by atoms with van der Waals surface area (Å²) in [6, 6.07) is 9.15. The predicted octanol–water partition coefficient (Wildman–Crippen LogP) is 4.42. The topological polar surface area (TPSA) is 108 Å². The molecule has 0 radical (unpaired) electrons. The summed E-state index contributed by atoms with van der Waals surface area (Å²) >= 11 is 0. The highest BCUT2D eigenvalue weighted by molar-refractivity contribution is 6.03. The number of hydrogen-bond acceptors (Lipinski definition) is 7. The first kappa shape index (κ1) is 26.4. The van der Waals surface area contributed by atoms with Gasteiger partial charge in [0.25, 0.3) is 5.91 Å². The monoisotopic (exact) mass is 507 g/mol. The van der Waals surface area contributed by atoms with E-state index >= 15 is 0 Å². The number of allylic oxidation sites excluding steroid dienone is 3. The fraction of sp³-hybridized carbons (Fsp3) is 0.448. The molecule has 1 aliphatic heterocycles. The van der Waals surface area contributed by atoms with E-state index in [4.69, 9.17) is 14.2 Å². The van der Waals surface area contributed by atoms with Crippen molar-refractivity contribution in [1.82, 2.24) is 0 Å². The third kappa shape index (κ3) is 4.61. The smallest absolute Gasteiger partial charge is 0.333 e. The summed E-state index contributed by atoms with van der Waals surface area (Å²) < 4.78 is 17.0. The second kappa shape index (κ2) is 10.00. The van der Waals surface area contributed by atoms with E-state index < -0.39 is 34.5 Å². The summed E-state index contributed by atoms with van der Waals surface area (Å²) in [5.74, 6) is -1.95. The van der Waals surface area contributed by atoms with Crippen molar-refractivity contribution in [2.45, 2.75) is 64.1 Å². The molecule has 2 fully saturated rings. The Morgan fingerprint density at radius 2 is 1.86 bits per heavy atom. The largest absolute Gasteiger partial charge is 0.466 e. The lowest BCUT2D eigenvalue weighted by Crippen LogP contribution is -2.65. The number of ether oxygens (including phenoxy) is 3. The van der Waals surface area contributed by atoms with Crippen molar-refractivity contribution in [3.63, 3.8) is 0 Å². The molecule has 8 heteroatoms. The van der Waals surface area contributed by atoms with Crippen molar-refractivity contribution >= 4 is 29.5 Å². The van der Waals surface area contributed by atoms with Crippen LogP contribution in [0, 0.1) is 11.3 Å². The van der Waals surface area contributed by atoms with Gasteiger partial charge in [0.05, 0.1) is 7.11 Å². The van der Waals surface area contributed by atoms with Gasteiger partial charge in [-0.25, -0.2) is 4.79 Å². The number of anilines is 1. The van der Waals surface area contributed by atoms with Crippen LogP contribution in [0.25, 0.3) is 0 Å². The number of hydrogen-bond donors (Lipinski definition) is 1. The molecule has 0 aromatic heterocycles. The SMILES string of the molecule is COC(=O)C1=CC[C@@]23CC[C@@H]([C@@](C)(/C=C/C=C(\C)C(=O)Nc4ccccc4)OC2=O)[C@@]3(OC(C)=O)CC1. The average Bonchev–Trinajstić information content (AvgIpc) is 3.01. The van der Waals surface area contributed by atoms with Gasteiger partial charge in [0.2, 0.25) is 0 Å². The van der Waals surface area contributed by atoms with Crippen molar-refractivity contribution in [2.24, 2.45) is 11.3 Å². The number of esters is 3. The van der Waals surface area contributed by atoms with Crippen LogP contribution in [-0.2, 0) is 33.4 Å². The van der Waals surface area contributed by atoms with Crippen LogP contribution in [0.2, 0.25) is 0 Å². The molecule has 0 spiro atoms. The molecule has 1 amide bonds. The number of para-hydroxylation sites is 1. The number of cyclic esters (lactones) is 1. The highest BCUT2D eigenvalue weighted by Gasteiger charge is 2.74. The summed E-state index contributed by atoms with van der Waals surface area (Å²) in [6.07, 6.45) is 8.81. The molecular weight excluding hydrogens is 474 g/mol. The van der Waals surface area contributed by atoms with Gasteiger partial charge in [-0.15, -0.1) is 0 Å². The zero-order valence-corrected chi connectivity index (χ0v) is 21.7. The molecule has 1 N–H and O–H groups in total. The maximum atomic E-state index is 13.6. The normalized spacial score (nSPS) is 31.0. The maximum absolute atomic E-state index is 13.6. The Morgan fingerprint density at radius 3 is 2.54 bits per heavy atom. The van der Waals surface area contributed by atoms with E-state index in [1.54, 1.807) is 50.3 Å². The lowest BCUT2D eigenvalue weighted by atomic mass is 9.62. The maximum Gasteiger partial charge on any atom is 0.333 e. The highest BCUT2D eigenvalue weighted by Crippen LogP contribution is 2.65. The van der Waals surface area contributed by atoms with E-state index in [1.165, 1.54) is 14.0 Å². The van der Waals surface area contributed by atoms with Gasteiger partial charge in [-0.2, -0.15) is 0 Å². The summed E-state index contributed by atoms with van der Waals surface area (Å²) in [7, 11) is 1.32. The number of nitrogens with one attached hydrogen (secondary N) is 1. The third-order valence-corrected chi connectivity index (χ3v) is 8.03. The number of carbonyl (C=O) groups excluding carboxylic acids is 4. The first-order chi connectivity index (χ1) is 17.6. The standard InChI is InChI=1S/C29H33NO7/c1-19(24(32)30-22-10-6-5-7-11-22)9-8-15-27(3)23-14-17-28(26(34)37-27)16-12-21(25(33)35-4)13-18-29(23,28)36-20(2)31/h5-12,15,23H,13-14,16-18H2,1-4H3,(H,30,32)/b15-8+,19-9+/t23-,27+,28+,29-/m0/s1. The van der Waals surface area contributed by atoms with Crippen molar-refractivity contribution in [1.29, 1.82) is 0 Å². The Hall–Kier alpha value is -3.68. The molecule has 1 aromatic rings. The van der Waals surface area contributed by atoms with E-state index in [0.29, 0.717) is 42.5 Å². The summed E-state index contributed by atoms with van der Waals surface area (Å²) in [4.78, 5) is 50.8. The number of rotatable bonds is 6. The van der Waals surface area contributed by atoms with Crippen molar-refractivity contribution in [3.05, 3.63) is 65.8 Å². The Morgan fingerprint density at radius 1 is 1.14 bits per heavy atom. The van der Waals surface area contributed by atoms with E-state index in [-0.39, 0.29) is 18.2 Å². The van der Waals surface area contributed by atoms with Gasteiger partial charge < -0.3 is 19.5 Å². The van der Waals surface area contributed by atoms with Gasteiger partial charge in [0.15, 0.2) is 0 Å². The minimum Gasteiger partial charge on any atom is -0.466 e. The van der Waals surface area contributed by atoms with E-state index in [9.17, 15) is 19.2 Å². The predicted molar refractivity (Wildman–Crippen MR) is 136 cm³/mol. The minimum absolute atomic E-state index is 0.235. The van der Waals surface area contributed by atoms with Gasteiger partial charge in [-0.3, -0.25) is 14.4 Å². The van der Waals surface area contributed by atoms with Crippen LogP contribution >= 0.6 is 0 Å². The van der Waals surface area contributed by atoms with Gasteiger partial charge in [0, 0.05) is 29.7 Å². The first-order valence-corrected chi connectivity index (χ1v) is 12.5. The molecule has 1 aromatic carbocycles. The number of methoxy groups -OCH3 is 1. The van der Waals surface area contributed by atoms with Crippen LogP contribution in [-0.4, -0.2) is 42.1 Å². The Bertz CT molecular complexity index is 1200. The third-order valence-electron chi connectivity index (χ3n) is 8.03. The van der Waals surface area contributed by atoms with Gasteiger partial charge in [-0.1, -0.05) is 36.4 Å². The van der Waals surface area contributed by atoms with Crippen molar-refractivity contribution in [2.75, 3.05) is 12.4 Å². The Balaban J connectivity index is 1.63. The number of carbonyl (C=O) groups is 4. The van der Waals surface area contributed by atoms with E-state index in [2.05, 4.69) is 5.32 Å². The lowest BCUT2D eigenvalue weighted by Gasteiger charge is -2.54. The van der Waals surface area contributed by atoms with Gasteiger partial charge in [0.1, 0.15) is 16.6 Å². The van der Waals surface area contributed by atoms with Gasteiger partial charge in [-0.05, 0) is 64.2 Å². The summed E-state index contributed by atoms with van der Waals surface area (Å²) in [5.41, 5.74) is -1.62. The number of amides is 1. The molecule has 2 bridgehead atoms. The molecule has 37 heavy (non-hydrogen) atoms. The lowest BCUT2D eigenvalue weighted by molar-refractivity contribution is -0.235. The fourth-order valence-corrected chi connectivity index (χ4v) is 6.21. The van der Waals surface area contributed by atoms with Crippen molar-refractivity contribution < 1.29 is 33.4 Å². The van der Waals surface area contributed by atoms with Crippen LogP contribution in [0.4, 0.5) is 5.69 Å². The van der Waals surface area contributed by atoms with Crippen LogP contribution in [0.1, 0.15) is 52.9 Å². The van der Waals surface area contributed by atoms with Crippen LogP contribution in [0.3, 0.4) is 0 Å². The molecule has 8 nitrogen and oxygen atoms in total. The summed E-state index contributed by atoms with van der Waals surface area (Å²) in [6.45, 7) is 4.84. The molecule has 2 aliphatic carbocycles. The molecule has 1 saturated carbocycles. The molecule has 4 atom stereocenters. The molecule has 3 aliphatic rings. The number of benzene rings is 1. The zero-order valence-electron chi connectivity index (χ0n) is 21.7. The van der Waals surface area contributed by atoms with E-state index in [1.807, 2.05) is 18.2 Å². The van der Waals surface area contributed by atoms with Crippen LogP contribution in [0.15, 0.2) is 65.8 Å². The quantitative estimate of drug-likeness (QED) is 0.263. The first-order valence-electron chi connectivity index (χ1n) is 12.5. The summed E-state index contributed by atoms with van der Waals surface area (Å²) in [5, 5.41) is 2.83. The molecule has 1 saturated heterocycles. The van der Waals surface area contributed by atoms with Crippen molar-refractivity contribution in [3.8, 4) is 0 Å². The second-order valence-corrected chi connectivity index (χ2v) is 10.2. The minimum atomic E-state index is -1.12. The Labute approximate surface area is 216 Å². The van der Waals surface area contributed by atoms with Crippen LogP contribution < -0.4 is 5.32 Å². The molecule has 196 valence electrons. The average molecular weight is 508 g/mol. The molecule has 1 heterocycles. The zero-order chi connectivity index (χ0) is 26.8. The van der Waals surface area contributed by atoms with Crippen LogP contribution in [0.5, 0.6) is 0 Å². The van der Waals surface area contributed by atoms with E-state index in [0.717, 1.165) is 0 Å². The second-order valence-electron chi connectivity index (χ2n) is 10.2. The molecule has 0 unspecified atom stereocenters. The Kier molecular flexibility index (Phi) is 7.13. The fourth-order valence-electron chi connectivity index (χ4n) is 6.21.